The number of aliphatic imine (C=N–C) groups is 1. The van der Waals surface area contributed by atoms with E-state index in [-0.39, 0.29) is 5.56 Å². The van der Waals surface area contributed by atoms with Crippen molar-refractivity contribution in [2.24, 2.45) is 4.99 Å². The third-order valence-corrected chi connectivity index (χ3v) is 6.84. The van der Waals surface area contributed by atoms with Gasteiger partial charge in [0.15, 0.2) is 0 Å². The molecular formula is C30H32F3N5O. The van der Waals surface area contributed by atoms with Gasteiger partial charge >= 0.3 is 6.18 Å². The number of fused-ring (bicyclic) bond motifs is 1. The van der Waals surface area contributed by atoms with Gasteiger partial charge in [-0.25, -0.2) is 4.99 Å². The Morgan fingerprint density at radius 1 is 1.05 bits per heavy atom. The van der Waals surface area contributed by atoms with Crippen LogP contribution in [-0.2, 0) is 10.9 Å². The summed E-state index contributed by atoms with van der Waals surface area (Å²) in [7, 11) is 0. The number of alkyl halides is 3. The second-order valence-electron chi connectivity index (χ2n) is 9.48. The lowest BCUT2D eigenvalue weighted by atomic mass is 10.0. The molecular weight excluding hydrogens is 503 g/mol. The number of hydrogen-bond donors (Lipinski definition) is 3. The first-order valence-electron chi connectivity index (χ1n) is 13.1. The van der Waals surface area contributed by atoms with Gasteiger partial charge in [0.25, 0.3) is 0 Å². The third kappa shape index (κ3) is 5.73. The van der Waals surface area contributed by atoms with Crippen LogP contribution < -0.4 is 20.9 Å². The number of morpholine rings is 1. The van der Waals surface area contributed by atoms with Gasteiger partial charge < -0.3 is 25.6 Å². The van der Waals surface area contributed by atoms with Crippen LogP contribution in [0, 0.1) is 0 Å². The van der Waals surface area contributed by atoms with E-state index >= 15 is 0 Å². The van der Waals surface area contributed by atoms with Crippen molar-refractivity contribution in [2.75, 3.05) is 48.4 Å². The van der Waals surface area contributed by atoms with E-state index in [0.29, 0.717) is 37.8 Å². The maximum Gasteiger partial charge on any atom is 0.416 e. The predicted octanol–water partition coefficient (Wildman–Crippen LogP) is 6.50. The van der Waals surface area contributed by atoms with E-state index in [2.05, 4.69) is 34.4 Å². The summed E-state index contributed by atoms with van der Waals surface area (Å²) in [6.45, 7) is 9.70. The lowest BCUT2D eigenvalue weighted by Gasteiger charge is -2.35. The Balaban J connectivity index is 1.58. The SMILES string of the molecule is C=C(NC1=NC(c2ccccc2C(F)(F)F)Nc2c1cccc2N1CCOCC1)c1ccccc1NCCC. The minimum Gasteiger partial charge on any atom is -0.385 e. The summed E-state index contributed by atoms with van der Waals surface area (Å²) in [5, 5.41) is 10.1. The van der Waals surface area contributed by atoms with Crippen LogP contribution in [0.2, 0.25) is 0 Å². The summed E-state index contributed by atoms with van der Waals surface area (Å²) in [6.07, 6.45) is -4.51. The number of anilines is 3. The normalized spacial score (nSPS) is 17.1. The molecule has 9 heteroatoms. The Kier molecular flexibility index (Phi) is 7.79. The zero-order valence-electron chi connectivity index (χ0n) is 21.8. The molecule has 6 nitrogen and oxygen atoms in total. The van der Waals surface area contributed by atoms with Crippen molar-refractivity contribution in [3.05, 3.63) is 95.6 Å². The zero-order chi connectivity index (χ0) is 27.4. The van der Waals surface area contributed by atoms with Crippen LogP contribution >= 0.6 is 0 Å². The standard InChI is InChI=1S/C30H32F3N5O/c1-3-15-34-25-13-7-5-9-21(25)20(2)35-29-23-11-8-14-26(38-16-18-39-19-17-38)27(23)36-28(37-29)22-10-4-6-12-24(22)30(31,32)33/h4-14,28,34,36H,2-3,15-19H2,1H3,(H,35,37). The van der Waals surface area contributed by atoms with Crippen LogP contribution in [0.25, 0.3) is 5.70 Å². The highest BCUT2D eigenvalue weighted by molar-refractivity contribution is 6.10. The number of nitrogens with zero attached hydrogens (tertiary/aromatic N) is 2. The second kappa shape index (κ2) is 11.4. The van der Waals surface area contributed by atoms with Crippen molar-refractivity contribution in [3.8, 4) is 0 Å². The minimum atomic E-state index is -4.52. The first kappa shape index (κ1) is 26.6. The molecule has 0 saturated carbocycles. The summed E-state index contributed by atoms with van der Waals surface area (Å²) in [4.78, 5) is 6.97. The highest BCUT2D eigenvalue weighted by atomic mass is 19.4. The Morgan fingerprint density at radius 2 is 1.79 bits per heavy atom. The van der Waals surface area contributed by atoms with Crippen LogP contribution in [0.5, 0.6) is 0 Å². The Labute approximate surface area is 226 Å². The fourth-order valence-corrected chi connectivity index (χ4v) is 4.94. The van der Waals surface area contributed by atoms with E-state index in [1.807, 2.05) is 42.5 Å². The van der Waals surface area contributed by atoms with Crippen molar-refractivity contribution in [1.29, 1.82) is 0 Å². The average Bonchev–Trinajstić information content (AvgIpc) is 2.96. The van der Waals surface area contributed by atoms with Crippen molar-refractivity contribution in [2.45, 2.75) is 25.7 Å². The number of para-hydroxylation sites is 2. The Hall–Kier alpha value is -3.98. The van der Waals surface area contributed by atoms with E-state index in [9.17, 15) is 13.2 Å². The van der Waals surface area contributed by atoms with Crippen molar-refractivity contribution in [1.82, 2.24) is 5.32 Å². The van der Waals surface area contributed by atoms with Crippen LogP contribution in [0.4, 0.5) is 30.2 Å². The molecule has 1 unspecified atom stereocenters. The van der Waals surface area contributed by atoms with Gasteiger partial charge in [-0.05, 0) is 30.7 Å². The Morgan fingerprint density at radius 3 is 2.56 bits per heavy atom. The fourth-order valence-electron chi connectivity index (χ4n) is 4.94. The minimum absolute atomic E-state index is 0.0577. The molecule has 3 aromatic carbocycles. The van der Waals surface area contributed by atoms with Crippen molar-refractivity contribution < 1.29 is 17.9 Å². The van der Waals surface area contributed by atoms with Gasteiger partial charge in [0.1, 0.15) is 12.0 Å². The van der Waals surface area contributed by atoms with Gasteiger partial charge in [0, 0.05) is 47.7 Å². The summed E-state index contributed by atoms with van der Waals surface area (Å²) in [5.41, 5.74) is 4.12. The summed E-state index contributed by atoms with van der Waals surface area (Å²) >= 11 is 0. The number of amidine groups is 1. The number of ether oxygens (including phenoxy) is 1. The molecule has 1 saturated heterocycles. The third-order valence-electron chi connectivity index (χ3n) is 6.84. The molecule has 0 amide bonds. The maximum atomic E-state index is 14.0. The molecule has 3 aromatic rings. The lowest BCUT2D eigenvalue weighted by molar-refractivity contribution is -0.138. The Bertz CT molecular complexity index is 1360. The smallest absolute Gasteiger partial charge is 0.385 e. The van der Waals surface area contributed by atoms with Crippen LogP contribution in [-0.4, -0.2) is 38.7 Å². The molecule has 0 aliphatic carbocycles. The molecule has 2 aliphatic heterocycles. The van der Waals surface area contributed by atoms with E-state index < -0.39 is 17.9 Å². The molecule has 1 fully saturated rings. The second-order valence-corrected chi connectivity index (χ2v) is 9.48. The number of benzene rings is 3. The molecule has 0 radical (unpaired) electrons. The quantitative estimate of drug-likeness (QED) is 0.323. The molecule has 0 bridgehead atoms. The van der Waals surface area contributed by atoms with E-state index in [0.717, 1.165) is 47.2 Å². The molecule has 0 spiro atoms. The molecule has 39 heavy (non-hydrogen) atoms. The number of nitrogens with one attached hydrogen (secondary N) is 3. The van der Waals surface area contributed by atoms with Crippen LogP contribution in [0.15, 0.2) is 78.3 Å². The first-order chi connectivity index (χ1) is 18.9. The monoisotopic (exact) mass is 535 g/mol. The van der Waals surface area contributed by atoms with Gasteiger partial charge in [-0.15, -0.1) is 0 Å². The average molecular weight is 536 g/mol. The van der Waals surface area contributed by atoms with Gasteiger partial charge in [0.2, 0.25) is 0 Å². The van der Waals surface area contributed by atoms with Gasteiger partial charge in [-0.2, -0.15) is 13.2 Å². The van der Waals surface area contributed by atoms with Crippen molar-refractivity contribution in [3.63, 3.8) is 0 Å². The van der Waals surface area contributed by atoms with Gasteiger partial charge in [0.05, 0.1) is 30.2 Å². The van der Waals surface area contributed by atoms with Crippen molar-refractivity contribution >= 4 is 28.6 Å². The molecule has 2 heterocycles. The number of hydrogen-bond acceptors (Lipinski definition) is 6. The topological polar surface area (TPSA) is 60.9 Å². The predicted molar refractivity (Wildman–Crippen MR) is 151 cm³/mol. The zero-order valence-corrected chi connectivity index (χ0v) is 21.8. The molecule has 5 rings (SSSR count). The highest BCUT2D eigenvalue weighted by Crippen LogP contribution is 2.41. The van der Waals surface area contributed by atoms with E-state index in [4.69, 9.17) is 9.73 Å². The molecule has 0 aromatic heterocycles. The van der Waals surface area contributed by atoms with Crippen LogP contribution in [0.1, 0.15) is 41.8 Å². The van der Waals surface area contributed by atoms with Gasteiger partial charge in [-0.1, -0.05) is 56.0 Å². The number of rotatable bonds is 7. The lowest BCUT2D eigenvalue weighted by Crippen LogP contribution is -2.38. The highest BCUT2D eigenvalue weighted by Gasteiger charge is 2.37. The molecule has 204 valence electrons. The van der Waals surface area contributed by atoms with E-state index in [1.165, 1.54) is 12.1 Å². The summed E-state index contributed by atoms with van der Waals surface area (Å²) in [6, 6.07) is 19.2. The maximum absolute atomic E-state index is 14.0. The van der Waals surface area contributed by atoms with Gasteiger partial charge in [-0.3, -0.25) is 0 Å². The summed E-state index contributed by atoms with van der Waals surface area (Å²) in [5.74, 6) is 0.455. The largest absolute Gasteiger partial charge is 0.416 e. The molecule has 3 N–H and O–H groups in total. The number of halogens is 3. The van der Waals surface area contributed by atoms with Crippen LogP contribution in [0.3, 0.4) is 0 Å². The molecule has 1 atom stereocenters. The van der Waals surface area contributed by atoms with E-state index in [1.54, 1.807) is 6.07 Å². The fraction of sp³-hybridized carbons (Fsp3) is 0.300. The first-order valence-corrected chi connectivity index (χ1v) is 13.1. The molecule has 2 aliphatic rings. The summed E-state index contributed by atoms with van der Waals surface area (Å²) < 4.78 is 47.6.